The fourth-order valence-corrected chi connectivity index (χ4v) is 3.48. The second-order valence-corrected chi connectivity index (χ2v) is 6.93. The van der Waals surface area contributed by atoms with E-state index >= 15 is 0 Å². The summed E-state index contributed by atoms with van der Waals surface area (Å²) in [5.74, 6) is 0.356. The molecule has 0 spiro atoms. The van der Waals surface area contributed by atoms with Crippen LogP contribution >= 0.6 is 0 Å². The van der Waals surface area contributed by atoms with Crippen molar-refractivity contribution in [1.82, 2.24) is 4.90 Å². The molecule has 0 radical (unpaired) electrons. The molecule has 1 N–H and O–H groups in total. The highest BCUT2D eigenvalue weighted by Gasteiger charge is 2.42. The predicted octanol–water partition coefficient (Wildman–Crippen LogP) is 1.84. The van der Waals surface area contributed by atoms with Crippen molar-refractivity contribution in [3.63, 3.8) is 0 Å². The molecule has 0 amide bonds. The van der Waals surface area contributed by atoms with Crippen molar-refractivity contribution in [2.75, 3.05) is 46.6 Å². The summed E-state index contributed by atoms with van der Waals surface area (Å²) in [5.41, 5.74) is -1.06. The quantitative estimate of drug-likeness (QED) is 0.857. The molecule has 6 heteroatoms. The molecule has 1 aromatic rings. The average molecular weight is 339 g/mol. The average Bonchev–Trinajstić information content (AvgIpc) is 2.98. The Bertz CT molecular complexity index is 532. The number of halogens is 1. The van der Waals surface area contributed by atoms with Crippen molar-refractivity contribution < 1.29 is 23.7 Å². The molecule has 1 atom stereocenters. The molecule has 24 heavy (non-hydrogen) atoms. The van der Waals surface area contributed by atoms with Crippen LogP contribution in [0.5, 0.6) is 5.75 Å². The number of nitrogens with zero attached hydrogens (tertiary/aromatic N) is 1. The van der Waals surface area contributed by atoms with Gasteiger partial charge in [0, 0.05) is 52.8 Å². The Hall–Kier alpha value is -1.21. The number of likely N-dealkylation sites (tertiary alicyclic amines) is 1. The van der Waals surface area contributed by atoms with Gasteiger partial charge in [-0.15, -0.1) is 0 Å². The van der Waals surface area contributed by atoms with E-state index in [2.05, 4.69) is 4.90 Å². The van der Waals surface area contributed by atoms with Crippen LogP contribution in [0.4, 0.5) is 4.39 Å². The highest BCUT2D eigenvalue weighted by atomic mass is 19.1. The zero-order valence-corrected chi connectivity index (χ0v) is 14.2. The summed E-state index contributed by atoms with van der Waals surface area (Å²) in [6, 6.07) is 6.01. The van der Waals surface area contributed by atoms with Crippen molar-refractivity contribution in [2.45, 2.75) is 30.5 Å². The minimum absolute atomic E-state index is 0.277. The fourth-order valence-electron chi connectivity index (χ4n) is 3.48. The third kappa shape index (κ3) is 4.25. The van der Waals surface area contributed by atoms with Crippen molar-refractivity contribution >= 4 is 0 Å². The van der Waals surface area contributed by atoms with Crippen molar-refractivity contribution in [1.29, 1.82) is 0 Å². The molecule has 0 aromatic heterocycles. The summed E-state index contributed by atoms with van der Waals surface area (Å²) in [4.78, 5) is 2.24. The summed E-state index contributed by atoms with van der Waals surface area (Å²) in [5, 5.41) is 10.7. The number of benzene rings is 1. The molecule has 1 aromatic carbocycles. The van der Waals surface area contributed by atoms with E-state index in [0.29, 0.717) is 51.5 Å². The third-order valence-electron chi connectivity index (χ3n) is 5.09. The van der Waals surface area contributed by atoms with Crippen molar-refractivity contribution in [2.24, 2.45) is 0 Å². The SMILES string of the molecule is CO[C@]1(COc2ccc(F)cc2)CCN(CC2(O)CCOCC2)C1. The Morgan fingerprint density at radius 1 is 1.21 bits per heavy atom. The van der Waals surface area contributed by atoms with E-state index in [0.717, 1.165) is 13.0 Å². The van der Waals surface area contributed by atoms with E-state index in [9.17, 15) is 9.50 Å². The molecular weight excluding hydrogens is 313 g/mol. The number of hydrogen-bond acceptors (Lipinski definition) is 5. The molecule has 0 unspecified atom stereocenters. The molecule has 2 saturated heterocycles. The lowest BCUT2D eigenvalue weighted by atomic mass is 9.94. The van der Waals surface area contributed by atoms with Gasteiger partial charge < -0.3 is 19.3 Å². The summed E-state index contributed by atoms with van der Waals surface area (Å²) >= 11 is 0. The van der Waals surface area contributed by atoms with Gasteiger partial charge in [-0.1, -0.05) is 0 Å². The van der Waals surface area contributed by atoms with Crippen LogP contribution < -0.4 is 4.74 Å². The lowest BCUT2D eigenvalue weighted by molar-refractivity contribution is -0.0837. The maximum atomic E-state index is 13.0. The smallest absolute Gasteiger partial charge is 0.123 e. The van der Waals surface area contributed by atoms with Gasteiger partial charge in [0.2, 0.25) is 0 Å². The molecule has 5 nitrogen and oxygen atoms in total. The second kappa shape index (κ2) is 7.35. The van der Waals surface area contributed by atoms with Gasteiger partial charge in [0.1, 0.15) is 23.8 Å². The van der Waals surface area contributed by atoms with Gasteiger partial charge in [0.15, 0.2) is 0 Å². The van der Waals surface area contributed by atoms with E-state index in [1.165, 1.54) is 12.1 Å². The lowest BCUT2D eigenvalue weighted by Gasteiger charge is -2.36. The van der Waals surface area contributed by atoms with E-state index in [-0.39, 0.29) is 5.82 Å². The zero-order valence-electron chi connectivity index (χ0n) is 14.2. The lowest BCUT2D eigenvalue weighted by Crippen LogP contribution is -2.48. The third-order valence-corrected chi connectivity index (χ3v) is 5.09. The standard InChI is InChI=1S/C18H26FNO4/c1-22-18(14-24-16-4-2-15(19)3-5-16)6-9-20(13-18)12-17(21)7-10-23-11-8-17/h2-5,21H,6-14H2,1H3/t18-/m1/s1. The second-order valence-electron chi connectivity index (χ2n) is 6.93. The van der Waals surface area contributed by atoms with E-state index in [4.69, 9.17) is 14.2 Å². The van der Waals surface area contributed by atoms with Crippen LogP contribution in [0.25, 0.3) is 0 Å². The Kier molecular flexibility index (Phi) is 5.39. The molecular formula is C18H26FNO4. The molecule has 2 heterocycles. The topological polar surface area (TPSA) is 51.2 Å². The number of ether oxygens (including phenoxy) is 3. The molecule has 134 valence electrons. The first-order valence-corrected chi connectivity index (χ1v) is 8.49. The van der Waals surface area contributed by atoms with E-state index in [1.54, 1.807) is 19.2 Å². The van der Waals surface area contributed by atoms with Crippen molar-refractivity contribution in [3.8, 4) is 5.75 Å². The Labute approximate surface area is 142 Å². The van der Waals surface area contributed by atoms with Crippen LogP contribution in [0.15, 0.2) is 24.3 Å². The maximum absolute atomic E-state index is 13.0. The van der Waals surface area contributed by atoms with Crippen LogP contribution in [-0.4, -0.2) is 67.8 Å². The predicted molar refractivity (Wildman–Crippen MR) is 87.7 cm³/mol. The highest BCUT2D eigenvalue weighted by molar-refractivity contribution is 5.22. The number of hydrogen-bond donors (Lipinski definition) is 1. The summed E-state index contributed by atoms with van der Waals surface area (Å²) < 4.78 is 29.8. The Morgan fingerprint density at radius 3 is 2.58 bits per heavy atom. The van der Waals surface area contributed by atoms with Crippen molar-refractivity contribution in [3.05, 3.63) is 30.1 Å². The van der Waals surface area contributed by atoms with Gasteiger partial charge in [-0.05, 0) is 30.7 Å². The van der Waals surface area contributed by atoms with Gasteiger partial charge in [0.05, 0.1) is 5.60 Å². The first-order chi connectivity index (χ1) is 11.5. The number of methoxy groups -OCH3 is 1. The Morgan fingerprint density at radius 2 is 1.92 bits per heavy atom. The molecule has 0 bridgehead atoms. The van der Waals surface area contributed by atoms with Gasteiger partial charge >= 0.3 is 0 Å². The van der Waals surface area contributed by atoms with Gasteiger partial charge in [0.25, 0.3) is 0 Å². The highest BCUT2D eigenvalue weighted by Crippen LogP contribution is 2.30. The normalized spacial score (nSPS) is 27.3. The molecule has 3 rings (SSSR count). The minimum Gasteiger partial charge on any atom is -0.491 e. The van der Waals surface area contributed by atoms with Crippen LogP contribution in [-0.2, 0) is 9.47 Å². The summed E-state index contributed by atoms with van der Waals surface area (Å²) in [6.45, 7) is 3.86. The van der Waals surface area contributed by atoms with Gasteiger partial charge in [-0.25, -0.2) is 4.39 Å². The molecule has 2 fully saturated rings. The molecule has 0 aliphatic carbocycles. The van der Waals surface area contributed by atoms with Crippen LogP contribution in [0.2, 0.25) is 0 Å². The summed E-state index contributed by atoms with van der Waals surface area (Å²) in [6.07, 6.45) is 2.20. The number of aliphatic hydroxyl groups is 1. The van der Waals surface area contributed by atoms with E-state index in [1.807, 2.05) is 0 Å². The number of rotatable bonds is 6. The number of β-amino-alcohol motifs (C(OH)–C–C–N with tert-alkyl or cyclic N) is 1. The Balaban J connectivity index is 1.55. The van der Waals surface area contributed by atoms with Crippen LogP contribution in [0, 0.1) is 5.82 Å². The van der Waals surface area contributed by atoms with Gasteiger partial charge in [-0.2, -0.15) is 0 Å². The zero-order chi connectivity index (χ0) is 17.0. The largest absolute Gasteiger partial charge is 0.491 e. The molecule has 2 aliphatic rings. The molecule has 0 saturated carbocycles. The first kappa shape index (κ1) is 17.6. The summed E-state index contributed by atoms with van der Waals surface area (Å²) in [7, 11) is 1.70. The minimum atomic E-state index is -0.667. The maximum Gasteiger partial charge on any atom is 0.123 e. The fraction of sp³-hybridized carbons (Fsp3) is 0.667. The monoisotopic (exact) mass is 339 g/mol. The van der Waals surface area contributed by atoms with Gasteiger partial charge in [-0.3, -0.25) is 4.90 Å². The van der Waals surface area contributed by atoms with Crippen LogP contribution in [0.1, 0.15) is 19.3 Å². The van der Waals surface area contributed by atoms with E-state index < -0.39 is 11.2 Å². The van der Waals surface area contributed by atoms with Crippen LogP contribution in [0.3, 0.4) is 0 Å². The molecule has 2 aliphatic heterocycles. The first-order valence-electron chi connectivity index (χ1n) is 8.49.